The summed E-state index contributed by atoms with van der Waals surface area (Å²) >= 11 is 1.72. The number of nitrogens with one attached hydrogen (secondary N) is 2. The monoisotopic (exact) mass is 446 g/mol. The van der Waals surface area contributed by atoms with Crippen molar-refractivity contribution in [3.05, 3.63) is 52.0 Å². The number of guanidine groups is 1. The summed E-state index contributed by atoms with van der Waals surface area (Å²) in [4.78, 5) is 9.53. The van der Waals surface area contributed by atoms with Gasteiger partial charge in [-0.2, -0.15) is 0 Å². The van der Waals surface area contributed by atoms with Crippen molar-refractivity contribution in [3.8, 4) is 0 Å². The van der Waals surface area contributed by atoms with Crippen molar-refractivity contribution in [2.24, 2.45) is 4.99 Å². The highest BCUT2D eigenvalue weighted by molar-refractivity contribution is 7.85. The Morgan fingerprint density at radius 1 is 1.23 bits per heavy atom. The van der Waals surface area contributed by atoms with E-state index in [1.807, 2.05) is 6.92 Å². The van der Waals surface area contributed by atoms with Crippen LogP contribution in [-0.2, 0) is 30.2 Å². The second-order valence-electron chi connectivity index (χ2n) is 7.71. The van der Waals surface area contributed by atoms with E-state index >= 15 is 0 Å². The Labute approximate surface area is 187 Å². The van der Waals surface area contributed by atoms with Gasteiger partial charge in [0.2, 0.25) is 0 Å². The Bertz CT molecular complexity index is 822. The zero-order chi connectivity index (χ0) is 21.2. The number of thiazole rings is 1. The van der Waals surface area contributed by atoms with Crippen molar-refractivity contribution in [1.82, 2.24) is 15.6 Å². The maximum atomic E-state index is 12.2. The molecule has 2 aromatic rings. The zero-order valence-electron chi connectivity index (χ0n) is 18.1. The van der Waals surface area contributed by atoms with E-state index in [1.165, 1.54) is 10.6 Å². The number of nitrogens with zero attached hydrogens (tertiary/aromatic N) is 2. The van der Waals surface area contributed by atoms with E-state index < -0.39 is 10.8 Å². The number of hydrogen-bond donors (Lipinski definition) is 2. The molecule has 1 aliphatic carbocycles. The van der Waals surface area contributed by atoms with Crippen molar-refractivity contribution in [1.29, 1.82) is 0 Å². The molecule has 7 heteroatoms. The Balaban J connectivity index is 1.53. The maximum Gasteiger partial charge on any atom is 0.191 e. The van der Waals surface area contributed by atoms with E-state index in [2.05, 4.69) is 53.3 Å². The predicted octanol–water partition coefficient (Wildman–Crippen LogP) is 4.06. The van der Waals surface area contributed by atoms with E-state index in [4.69, 9.17) is 9.98 Å². The lowest BCUT2D eigenvalue weighted by molar-refractivity contribution is 0.413. The van der Waals surface area contributed by atoms with Gasteiger partial charge in [0.1, 0.15) is 0 Å². The summed E-state index contributed by atoms with van der Waals surface area (Å²) in [6.07, 6.45) is 6.27. The normalized spacial score (nSPS) is 20.7. The molecule has 2 N–H and O–H groups in total. The molecule has 1 saturated carbocycles. The fourth-order valence-electron chi connectivity index (χ4n) is 3.86. The third kappa shape index (κ3) is 7.20. The van der Waals surface area contributed by atoms with Gasteiger partial charge in [-0.15, -0.1) is 11.3 Å². The molecule has 0 aliphatic heterocycles. The number of aryl methyl sites for hydroxylation is 2. The van der Waals surface area contributed by atoms with Crippen LogP contribution in [0.4, 0.5) is 0 Å². The van der Waals surface area contributed by atoms with Gasteiger partial charge in [0, 0.05) is 46.2 Å². The Morgan fingerprint density at radius 2 is 2.07 bits per heavy atom. The van der Waals surface area contributed by atoms with Crippen molar-refractivity contribution in [2.75, 3.05) is 12.3 Å². The maximum absolute atomic E-state index is 12.2. The first-order valence-electron chi connectivity index (χ1n) is 11.1. The van der Waals surface area contributed by atoms with Gasteiger partial charge in [0.15, 0.2) is 5.96 Å². The van der Waals surface area contributed by atoms with Crippen molar-refractivity contribution >= 4 is 28.1 Å². The summed E-state index contributed by atoms with van der Waals surface area (Å²) in [6.45, 7) is 5.49. The van der Waals surface area contributed by atoms with Crippen LogP contribution in [0.1, 0.15) is 55.8 Å². The highest BCUT2D eigenvalue weighted by Gasteiger charge is 2.26. The van der Waals surface area contributed by atoms with Crippen LogP contribution in [0.2, 0.25) is 0 Å². The van der Waals surface area contributed by atoms with Crippen LogP contribution in [0.5, 0.6) is 0 Å². The van der Waals surface area contributed by atoms with Gasteiger partial charge in [0.25, 0.3) is 0 Å². The Kier molecular flexibility index (Phi) is 9.33. The standard InChI is InChI=1S/C23H34N4OS2/c1-3-24-23(27-19-11-8-12-21(15-19)30(28)4-2)25-16-20-17-29-22(26-20)14-13-18-9-6-5-7-10-18/h5-7,9-10,17,19,21H,3-4,8,11-16H2,1-2H3,(H2,24,25,27). The van der Waals surface area contributed by atoms with Crippen molar-refractivity contribution in [2.45, 2.75) is 70.2 Å². The molecule has 1 heterocycles. The predicted molar refractivity (Wildman–Crippen MR) is 129 cm³/mol. The van der Waals surface area contributed by atoms with Crippen LogP contribution in [0, 0.1) is 0 Å². The van der Waals surface area contributed by atoms with Gasteiger partial charge >= 0.3 is 0 Å². The zero-order valence-corrected chi connectivity index (χ0v) is 19.7. The third-order valence-corrected chi connectivity index (χ3v) is 8.13. The highest BCUT2D eigenvalue weighted by atomic mass is 32.2. The summed E-state index contributed by atoms with van der Waals surface area (Å²) in [5.74, 6) is 1.59. The molecule has 164 valence electrons. The molecule has 0 saturated heterocycles. The van der Waals surface area contributed by atoms with E-state index in [0.717, 1.165) is 62.5 Å². The number of rotatable bonds is 9. The van der Waals surface area contributed by atoms with Crippen LogP contribution in [0.3, 0.4) is 0 Å². The molecule has 3 unspecified atom stereocenters. The summed E-state index contributed by atoms with van der Waals surface area (Å²) in [5, 5.41) is 10.5. The fourth-order valence-corrected chi connectivity index (χ4v) is 5.99. The summed E-state index contributed by atoms with van der Waals surface area (Å²) in [5.41, 5.74) is 2.37. The summed E-state index contributed by atoms with van der Waals surface area (Å²) in [7, 11) is -0.708. The third-order valence-electron chi connectivity index (χ3n) is 5.44. The van der Waals surface area contributed by atoms with Crippen LogP contribution in [0.25, 0.3) is 0 Å². The molecule has 0 spiro atoms. The van der Waals surface area contributed by atoms with Gasteiger partial charge in [0.05, 0.1) is 17.2 Å². The number of aromatic nitrogens is 1. The van der Waals surface area contributed by atoms with Crippen LogP contribution >= 0.6 is 11.3 Å². The first-order valence-corrected chi connectivity index (χ1v) is 13.3. The van der Waals surface area contributed by atoms with Crippen LogP contribution in [-0.4, -0.2) is 38.7 Å². The molecule has 30 heavy (non-hydrogen) atoms. The van der Waals surface area contributed by atoms with Gasteiger partial charge in [-0.05, 0) is 38.2 Å². The number of hydrogen-bond acceptors (Lipinski definition) is 4. The highest BCUT2D eigenvalue weighted by Crippen LogP contribution is 2.23. The van der Waals surface area contributed by atoms with E-state index in [-0.39, 0.29) is 0 Å². The largest absolute Gasteiger partial charge is 0.357 e. The van der Waals surface area contributed by atoms with Crippen molar-refractivity contribution in [3.63, 3.8) is 0 Å². The molecule has 0 bridgehead atoms. The lowest BCUT2D eigenvalue weighted by atomic mass is 9.95. The Hall–Kier alpha value is -1.73. The molecule has 3 rings (SSSR count). The van der Waals surface area contributed by atoms with Gasteiger partial charge in [-0.25, -0.2) is 9.98 Å². The molecule has 5 nitrogen and oxygen atoms in total. The van der Waals surface area contributed by atoms with Crippen molar-refractivity contribution < 1.29 is 4.21 Å². The second kappa shape index (κ2) is 12.2. The molecule has 1 fully saturated rings. The minimum absolute atomic E-state index is 0.315. The number of aliphatic imine (C=N–C) groups is 1. The van der Waals surface area contributed by atoms with E-state index in [0.29, 0.717) is 17.8 Å². The van der Waals surface area contributed by atoms with Gasteiger partial charge in [-0.3, -0.25) is 4.21 Å². The topological polar surface area (TPSA) is 66.4 Å². The smallest absolute Gasteiger partial charge is 0.191 e. The molecule has 3 atom stereocenters. The lowest BCUT2D eigenvalue weighted by Crippen LogP contribution is -2.46. The number of benzene rings is 1. The van der Waals surface area contributed by atoms with E-state index in [1.54, 1.807) is 11.3 Å². The van der Waals surface area contributed by atoms with Crippen LogP contribution < -0.4 is 10.6 Å². The summed E-state index contributed by atoms with van der Waals surface area (Å²) in [6, 6.07) is 10.9. The molecular weight excluding hydrogens is 412 g/mol. The Morgan fingerprint density at radius 3 is 2.83 bits per heavy atom. The fraction of sp³-hybridized carbons (Fsp3) is 0.565. The molecule has 1 aromatic heterocycles. The molecule has 1 aliphatic rings. The van der Waals surface area contributed by atoms with E-state index in [9.17, 15) is 4.21 Å². The molecule has 0 radical (unpaired) electrons. The average Bonchev–Trinajstić information content (AvgIpc) is 3.24. The van der Waals surface area contributed by atoms with Crippen LogP contribution in [0.15, 0.2) is 40.7 Å². The quantitative estimate of drug-likeness (QED) is 0.450. The first kappa shape index (κ1) is 22.9. The summed E-state index contributed by atoms with van der Waals surface area (Å²) < 4.78 is 12.2. The second-order valence-corrected chi connectivity index (χ2v) is 10.7. The first-order chi connectivity index (χ1) is 14.7. The SMILES string of the molecule is CCNC(=NCc1csc(CCc2ccccc2)n1)NC1CCCC(S(=O)CC)C1. The van der Waals surface area contributed by atoms with Gasteiger partial charge in [-0.1, -0.05) is 43.7 Å². The minimum atomic E-state index is -0.708. The average molecular weight is 447 g/mol. The molecule has 0 amide bonds. The molecule has 1 aromatic carbocycles. The minimum Gasteiger partial charge on any atom is -0.357 e. The molecular formula is C23H34N4OS2. The lowest BCUT2D eigenvalue weighted by Gasteiger charge is -2.30. The van der Waals surface area contributed by atoms with Gasteiger partial charge < -0.3 is 10.6 Å².